The monoisotopic (exact) mass is 530 g/mol. The van der Waals surface area contributed by atoms with Crippen LogP contribution in [0.4, 0.5) is 0 Å². The standard InChI is InChI=1S/C28H50O7S/c1-3-4-5-10-23(35-28-12-7-9-16-33-28)13-14-24-21(19-34-27-11-6-8-15-32-27)17-26(30)25(24)18-22(29)20-36(2)31/h13-14,21-30H,3-12,15-20H2,1-2H3/b14-13+. The van der Waals surface area contributed by atoms with Gasteiger partial charge in [-0.3, -0.25) is 0 Å². The second kappa shape index (κ2) is 16.7. The molecule has 36 heavy (non-hydrogen) atoms. The molecule has 0 amide bonds. The van der Waals surface area contributed by atoms with E-state index in [1.54, 1.807) is 6.26 Å². The average Bonchev–Trinajstić information content (AvgIpc) is 3.15. The van der Waals surface area contributed by atoms with E-state index < -0.39 is 23.4 Å². The van der Waals surface area contributed by atoms with Crippen molar-refractivity contribution in [3.8, 4) is 0 Å². The van der Waals surface area contributed by atoms with Gasteiger partial charge in [0.05, 0.1) is 31.2 Å². The lowest BCUT2D eigenvalue weighted by Crippen LogP contribution is -2.30. The molecular weight excluding hydrogens is 480 g/mol. The van der Waals surface area contributed by atoms with Crippen LogP contribution in [0.2, 0.25) is 0 Å². The second-order valence-electron chi connectivity index (χ2n) is 10.9. The van der Waals surface area contributed by atoms with Gasteiger partial charge in [-0.15, -0.1) is 0 Å². The molecule has 9 unspecified atom stereocenters. The van der Waals surface area contributed by atoms with Gasteiger partial charge in [-0.05, 0) is 75.5 Å². The van der Waals surface area contributed by atoms with Gasteiger partial charge >= 0.3 is 0 Å². The van der Waals surface area contributed by atoms with Gasteiger partial charge in [0.1, 0.15) is 5.75 Å². The first-order valence-corrected chi connectivity index (χ1v) is 16.0. The van der Waals surface area contributed by atoms with Crippen LogP contribution in [0.25, 0.3) is 0 Å². The van der Waals surface area contributed by atoms with Crippen LogP contribution < -0.4 is 0 Å². The molecule has 2 heterocycles. The molecule has 3 fully saturated rings. The number of aliphatic hydroxyl groups excluding tert-OH is 2. The van der Waals surface area contributed by atoms with Crippen molar-refractivity contribution in [2.75, 3.05) is 31.8 Å². The van der Waals surface area contributed by atoms with Gasteiger partial charge in [-0.1, -0.05) is 49.5 Å². The zero-order valence-corrected chi connectivity index (χ0v) is 23.2. The van der Waals surface area contributed by atoms with Crippen molar-refractivity contribution in [1.29, 1.82) is 0 Å². The largest absolute Gasteiger partial charge is 0.616 e. The molecule has 2 saturated heterocycles. The van der Waals surface area contributed by atoms with Crippen molar-refractivity contribution >= 4 is 11.2 Å². The zero-order chi connectivity index (χ0) is 25.8. The van der Waals surface area contributed by atoms with Gasteiger partial charge < -0.3 is 33.7 Å². The molecule has 2 aliphatic heterocycles. The lowest BCUT2D eigenvalue weighted by atomic mass is 9.85. The Labute approximate surface area is 221 Å². The third kappa shape index (κ3) is 10.5. The fourth-order valence-corrected chi connectivity index (χ4v) is 6.52. The number of ether oxygens (including phenoxy) is 4. The van der Waals surface area contributed by atoms with Crippen molar-refractivity contribution < 1.29 is 33.7 Å². The number of aliphatic hydroxyl groups is 2. The van der Waals surface area contributed by atoms with E-state index >= 15 is 0 Å². The Hall–Kier alpha value is -0.190. The molecule has 7 nitrogen and oxygen atoms in total. The van der Waals surface area contributed by atoms with Crippen LogP contribution in [0.3, 0.4) is 0 Å². The molecule has 0 aromatic carbocycles. The molecule has 1 saturated carbocycles. The van der Waals surface area contributed by atoms with Crippen molar-refractivity contribution in [3.63, 3.8) is 0 Å². The maximum Gasteiger partial charge on any atom is 0.158 e. The Morgan fingerprint density at radius 3 is 2.44 bits per heavy atom. The summed E-state index contributed by atoms with van der Waals surface area (Å²) in [6, 6.07) is 0. The van der Waals surface area contributed by atoms with Gasteiger partial charge in [0, 0.05) is 13.2 Å². The molecule has 0 bridgehead atoms. The highest BCUT2D eigenvalue weighted by Gasteiger charge is 2.42. The third-order valence-corrected chi connectivity index (χ3v) is 8.64. The number of hydrogen-bond donors (Lipinski definition) is 2. The summed E-state index contributed by atoms with van der Waals surface area (Å²) in [5, 5.41) is 21.5. The van der Waals surface area contributed by atoms with E-state index in [1.807, 2.05) is 0 Å². The molecule has 1 aliphatic carbocycles. The number of unbranched alkanes of at least 4 members (excludes halogenated alkanes) is 2. The molecule has 3 rings (SSSR count). The molecule has 2 N–H and O–H groups in total. The van der Waals surface area contributed by atoms with Crippen LogP contribution in [-0.2, 0) is 30.1 Å². The van der Waals surface area contributed by atoms with Crippen molar-refractivity contribution in [3.05, 3.63) is 12.2 Å². The summed E-state index contributed by atoms with van der Waals surface area (Å²) in [6.45, 7) is 4.22. The maximum absolute atomic E-state index is 11.7. The van der Waals surface area contributed by atoms with Gasteiger partial charge in [0.2, 0.25) is 0 Å². The topological polar surface area (TPSA) is 100 Å². The minimum Gasteiger partial charge on any atom is -0.616 e. The molecule has 0 radical (unpaired) electrons. The third-order valence-electron chi connectivity index (χ3n) is 7.79. The van der Waals surface area contributed by atoms with E-state index in [4.69, 9.17) is 18.9 Å². The van der Waals surface area contributed by atoms with Crippen LogP contribution in [0, 0.1) is 17.8 Å². The summed E-state index contributed by atoms with van der Waals surface area (Å²) in [5.74, 6) is 0.308. The average molecular weight is 531 g/mol. The summed E-state index contributed by atoms with van der Waals surface area (Å²) >= 11 is -1.08. The molecule has 0 aromatic heterocycles. The van der Waals surface area contributed by atoms with E-state index in [1.165, 1.54) is 6.42 Å². The van der Waals surface area contributed by atoms with Crippen molar-refractivity contribution in [2.45, 2.75) is 115 Å². The maximum atomic E-state index is 11.7. The fourth-order valence-electron chi connectivity index (χ4n) is 5.84. The fraction of sp³-hybridized carbons (Fsp3) is 0.929. The van der Waals surface area contributed by atoms with E-state index in [0.717, 1.165) is 71.0 Å². The summed E-state index contributed by atoms with van der Waals surface area (Å²) in [4.78, 5) is 0. The number of rotatable bonds is 15. The lowest BCUT2D eigenvalue weighted by Gasteiger charge is -2.29. The van der Waals surface area contributed by atoms with Crippen LogP contribution in [0.5, 0.6) is 0 Å². The van der Waals surface area contributed by atoms with Crippen molar-refractivity contribution in [2.24, 2.45) is 17.8 Å². The van der Waals surface area contributed by atoms with Crippen LogP contribution >= 0.6 is 0 Å². The Balaban J connectivity index is 1.69. The minimum absolute atomic E-state index is 0.0330. The van der Waals surface area contributed by atoms with Crippen LogP contribution in [-0.4, -0.2) is 77.5 Å². The predicted octanol–water partition coefficient (Wildman–Crippen LogP) is 4.32. The highest BCUT2D eigenvalue weighted by Crippen LogP contribution is 2.42. The van der Waals surface area contributed by atoms with Crippen LogP contribution in [0.15, 0.2) is 12.2 Å². The first-order chi connectivity index (χ1) is 17.5. The lowest BCUT2D eigenvalue weighted by molar-refractivity contribution is -0.179. The quantitative estimate of drug-likeness (QED) is 0.185. The Bertz CT molecular complexity index is 607. The molecule has 210 valence electrons. The normalized spacial score (nSPS) is 34.1. The molecule has 3 aliphatic rings. The molecular formula is C28H50O7S. The van der Waals surface area contributed by atoms with Gasteiger partial charge in [0.25, 0.3) is 0 Å². The first kappa shape index (κ1) is 30.4. The van der Waals surface area contributed by atoms with Crippen molar-refractivity contribution in [1.82, 2.24) is 0 Å². The zero-order valence-electron chi connectivity index (χ0n) is 22.4. The van der Waals surface area contributed by atoms with E-state index in [0.29, 0.717) is 19.4 Å². The van der Waals surface area contributed by atoms with Gasteiger partial charge in [-0.2, -0.15) is 0 Å². The summed E-state index contributed by atoms with van der Waals surface area (Å²) in [5.41, 5.74) is 0. The smallest absolute Gasteiger partial charge is 0.158 e. The molecule has 0 aromatic rings. The van der Waals surface area contributed by atoms with E-state index in [2.05, 4.69) is 19.1 Å². The summed E-state index contributed by atoms with van der Waals surface area (Å²) in [7, 11) is 0. The first-order valence-electron chi connectivity index (χ1n) is 14.3. The molecule has 9 atom stereocenters. The summed E-state index contributed by atoms with van der Waals surface area (Å²) in [6.07, 6.45) is 16.1. The van der Waals surface area contributed by atoms with E-state index in [9.17, 15) is 14.8 Å². The number of allylic oxidation sites excluding steroid dienone is 1. The Morgan fingerprint density at radius 1 is 1.08 bits per heavy atom. The number of hydrogen-bond acceptors (Lipinski definition) is 7. The molecule has 8 heteroatoms. The predicted molar refractivity (Wildman–Crippen MR) is 142 cm³/mol. The summed E-state index contributed by atoms with van der Waals surface area (Å²) < 4.78 is 35.8. The molecule has 0 spiro atoms. The van der Waals surface area contributed by atoms with Crippen LogP contribution in [0.1, 0.15) is 84.0 Å². The van der Waals surface area contributed by atoms with Gasteiger partial charge in [-0.25, -0.2) is 0 Å². The van der Waals surface area contributed by atoms with E-state index in [-0.39, 0.29) is 42.2 Å². The second-order valence-corrected chi connectivity index (χ2v) is 12.4. The Kier molecular flexibility index (Phi) is 14.1. The Morgan fingerprint density at radius 2 is 1.81 bits per heavy atom. The highest BCUT2D eigenvalue weighted by atomic mass is 32.2. The van der Waals surface area contributed by atoms with Gasteiger partial charge in [0.15, 0.2) is 12.6 Å². The highest BCUT2D eigenvalue weighted by molar-refractivity contribution is 7.90. The SMILES string of the molecule is CCCCCC(/C=C/C1C(COC2CCCCO2)CC(O)C1CC(O)C[S+](C)[O-])OC1CCCCO1. The minimum atomic E-state index is -1.08.